The third-order valence-corrected chi connectivity index (χ3v) is 8.83. The van der Waals surface area contributed by atoms with Crippen molar-refractivity contribution in [3.63, 3.8) is 0 Å². The van der Waals surface area contributed by atoms with E-state index in [1.807, 2.05) is 0 Å². The summed E-state index contributed by atoms with van der Waals surface area (Å²) in [5.74, 6) is 0.230. The van der Waals surface area contributed by atoms with E-state index in [4.69, 9.17) is 19.7 Å². The van der Waals surface area contributed by atoms with Gasteiger partial charge in [0.1, 0.15) is 41.8 Å². The monoisotopic (exact) mass is 564 g/mol. The summed E-state index contributed by atoms with van der Waals surface area (Å²) in [5, 5.41) is 31.5. The quantitative estimate of drug-likeness (QED) is 0.142. The summed E-state index contributed by atoms with van der Waals surface area (Å²) in [5.41, 5.74) is 4.69. The average Bonchev–Trinajstić information content (AvgIpc) is 3.69. The standard InChI is InChI=1S/C21H25N8O9P/c22-16-10-1-2-28(17(10)24-6-23-16)21-15(32)14(31)11(38-21)5-36-39(34,35)12-3-9(4-30)37-20(12)29-8-27-13-18(29)25-7-26-19(13)33/h1-2,6-9,11-12,14-15,20-21,30-32H,3-5H2,(H,34,35)(H2,22,23,24)(H,25,26,33)/t9?,11?,12-,14-,15-,20-,21-/m1/s1. The number of fused-ring (bicyclic) bond motifs is 2. The minimum absolute atomic E-state index is 0.00746. The molecule has 39 heavy (non-hydrogen) atoms. The van der Waals surface area contributed by atoms with Gasteiger partial charge in [0.05, 0.1) is 37.4 Å². The zero-order chi connectivity index (χ0) is 27.5. The summed E-state index contributed by atoms with van der Waals surface area (Å²) in [6, 6.07) is 1.64. The van der Waals surface area contributed by atoms with Gasteiger partial charge < -0.3 is 49.5 Å². The number of hydrogen-bond acceptors (Lipinski definition) is 13. The number of rotatable bonds is 7. The van der Waals surface area contributed by atoms with Crippen LogP contribution in [0, 0.1) is 0 Å². The SMILES string of the molecule is Nc1ncnc2c1ccn2[C@@H]1OC(COP(=O)(O)[C@@H]2CC(CO)O[C@H]2n2cnc3c(=O)[nH]cnc32)[C@@H](O)[C@H]1O. The number of anilines is 1. The third-order valence-electron chi connectivity index (χ3n) is 7.00. The molecule has 0 bridgehead atoms. The number of nitrogen functional groups attached to an aromatic ring is 1. The van der Waals surface area contributed by atoms with Gasteiger partial charge in [0.15, 0.2) is 23.6 Å². The highest BCUT2D eigenvalue weighted by Crippen LogP contribution is 2.57. The molecule has 7 N–H and O–H groups in total. The van der Waals surface area contributed by atoms with Crippen molar-refractivity contribution >= 4 is 35.6 Å². The Morgan fingerprint density at radius 2 is 1.95 bits per heavy atom. The second-order valence-electron chi connectivity index (χ2n) is 9.32. The summed E-state index contributed by atoms with van der Waals surface area (Å²) < 4.78 is 33.3. The number of aliphatic hydroxyl groups excluding tert-OH is 3. The number of aliphatic hydroxyl groups is 3. The van der Waals surface area contributed by atoms with Crippen molar-refractivity contribution in [2.75, 3.05) is 18.9 Å². The Morgan fingerprint density at radius 1 is 1.13 bits per heavy atom. The molecule has 0 aliphatic carbocycles. The topological polar surface area (TPSA) is 246 Å². The number of aromatic amines is 1. The smallest absolute Gasteiger partial charge is 0.335 e. The second-order valence-corrected chi connectivity index (χ2v) is 11.4. The van der Waals surface area contributed by atoms with Crippen LogP contribution in [0.3, 0.4) is 0 Å². The van der Waals surface area contributed by atoms with Gasteiger partial charge in [0.2, 0.25) is 0 Å². The fraction of sp³-hybridized carbons (Fsp3) is 0.476. The van der Waals surface area contributed by atoms with Crippen LogP contribution in [0.25, 0.3) is 22.2 Å². The number of imidazole rings is 1. The summed E-state index contributed by atoms with van der Waals surface area (Å²) in [6.07, 6.45) is -1.86. The molecule has 4 aromatic heterocycles. The molecule has 3 unspecified atom stereocenters. The zero-order valence-electron chi connectivity index (χ0n) is 20.1. The summed E-state index contributed by atoms with van der Waals surface area (Å²) >= 11 is 0. The van der Waals surface area contributed by atoms with Crippen molar-refractivity contribution in [2.24, 2.45) is 0 Å². The first-order valence-electron chi connectivity index (χ1n) is 11.9. The summed E-state index contributed by atoms with van der Waals surface area (Å²) in [7, 11) is -4.52. The first-order valence-corrected chi connectivity index (χ1v) is 13.6. The van der Waals surface area contributed by atoms with Crippen LogP contribution >= 0.6 is 7.60 Å². The average molecular weight is 564 g/mol. The van der Waals surface area contributed by atoms with Gasteiger partial charge in [0, 0.05) is 6.20 Å². The highest BCUT2D eigenvalue weighted by atomic mass is 31.2. The Hall–Kier alpha value is -3.28. The third kappa shape index (κ3) is 4.32. The van der Waals surface area contributed by atoms with Gasteiger partial charge >= 0.3 is 7.60 Å². The lowest BCUT2D eigenvalue weighted by Gasteiger charge is -2.25. The fourth-order valence-corrected chi connectivity index (χ4v) is 6.60. The second kappa shape index (κ2) is 9.72. The van der Waals surface area contributed by atoms with Crippen molar-refractivity contribution < 1.29 is 38.8 Å². The number of nitrogens with zero attached hydrogens (tertiary/aromatic N) is 6. The van der Waals surface area contributed by atoms with Gasteiger partial charge in [0.25, 0.3) is 5.56 Å². The first-order chi connectivity index (χ1) is 18.7. The summed E-state index contributed by atoms with van der Waals surface area (Å²) in [6.45, 7) is -0.973. The van der Waals surface area contributed by atoms with Crippen molar-refractivity contribution in [3.8, 4) is 0 Å². The normalized spacial score (nSPS) is 30.8. The Kier molecular flexibility index (Phi) is 6.47. The Morgan fingerprint density at radius 3 is 2.74 bits per heavy atom. The van der Waals surface area contributed by atoms with Crippen molar-refractivity contribution in [1.82, 2.24) is 34.1 Å². The van der Waals surface area contributed by atoms with E-state index >= 15 is 0 Å². The molecule has 0 spiro atoms. The van der Waals surface area contributed by atoms with Crippen molar-refractivity contribution in [1.29, 1.82) is 0 Å². The summed E-state index contributed by atoms with van der Waals surface area (Å²) in [4.78, 5) is 41.6. The van der Waals surface area contributed by atoms with Crippen LogP contribution in [-0.4, -0.2) is 97.6 Å². The van der Waals surface area contributed by atoms with E-state index in [1.54, 1.807) is 12.3 Å². The van der Waals surface area contributed by atoms with E-state index in [-0.39, 0.29) is 23.4 Å². The molecule has 0 saturated carbocycles. The lowest BCUT2D eigenvalue weighted by molar-refractivity contribution is -0.0492. The predicted molar refractivity (Wildman–Crippen MR) is 131 cm³/mol. The van der Waals surface area contributed by atoms with Crippen LogP contribution in [0.5, 0.6) is 0 Å². The maximum Gasteiger partial charge on any atom is 0.335 e. The van der Waals surface area contributed by atoms with E-state index in [0.717, 1.165) is 0 Å². The predicted octanol–water partition coefficient (Wildman–Crippen LogP) is -1.38. The lowest BCUT2D eigenvalue weighted by Crippen LogP contribution is -2.34. The van der Waals surface area contributed by atoms with Gasteiger partial charge in [-0.05, 0) is 12.5 Å². The molecule has 2 fully saturated rings. The van der Waals surface area contributed by atoms with Gasteiger partial charge in [-0.3, -0.25) is 13.9 Å². The molecule has 6 rings (SSSR count). The zero-order valence-corrected chi connectivity index (χ0v) is 21.0. The van der Waals surface area contributed by atoms with E-state index in [0.29, 0.717) is 11.0 Å². The minimum atomic E-state index is -4.52. The van der Waals surface area contributed by atoms with Crippen molar-refractivity contribution in [3.05, 3.63) is 41.6 Å². The van der Waals surface area contributed by atoms with Crippen LogP contribution in [0.2, 0.25) is 0 Å². The number of nitrogens with one attached hydrogen (secondary N) is 1. The van der Waals surface area contributed by atoms with Crippen LogP contribution in [-0.2, 0) is 18.6 Å². The molecule has 2 saturated heterocycles. The Bertz CT molecular complexity index is 1620. The molecule has 8 atom stereocenters. The molecular weight excluding hydrogens is 539 g/mol. The van der Waals surface area contributed by atoms with Gasteiger partial charge in [-0.2, -0.15) is 0 Å². The Balaban J connectivity index is 1.21. The molecule has 2 aliphatic heterocycles. The number of H-pyrrole nitrogens is 1. The molecule has 0 radical (unpaired) electrons. The van der Waals surface area contributed by atoms with Crippen LogP contribution in [0.15, 0.2) is 36.0 Å². The van der Waals surface area contributed by atoms with E-state index in [9.17, 15) is 29.6 Å². The fourth-order valence-electron chi connectivity index (χ4n) is 5.01. The maximum atomic E-state index is 13.5. The number of ether oxygens (including phenoxy) is 2. The highest BCUT2D eigenvalue weighted by molar-refractivity contribution is 7.53. The highest BCUT2D eigenvalue weighted by Gasteiger charge is 2.50. The first kappa shape index (κ1) is 26.0. The van der Waals surface area contributed by atoms with Crippen molar-refractivity contribution in [2.45, 2.75) is 49.0 Å². The van der Waals surface area contributed by atoms with Gasteiger partial charge in [-0.15, -0.1) is 0 Å². The van der Waals surface area contributed by atoms with E-state index in [1.165, 1.54) is 28.1 Å². The molecular formula is C21H25N8O9P. The number of nitrogens with two attached hydrogens (primary N) is 1. The number of aromatic nitrogens is 7. The van der Waals surface area contributed by atoms with Gasteiger partial charge in [-0.25, -0.2) is 19.9 Å². The number of hydrogen-bond donors (Lipinski definition) is 6. The molecule has 4 aromatic rings. The lowest BCUT2D eigenvalue weighted by atomic mass is 10.1. The molecule has 2 aliphatic rings. The van der Waals surface area contributed by atoms with Crippen LogP contribution < -0.4 is 11.3 Å². The maximum absolute atomic E-state index is 13.5. The largest absolute Gasteiger partial charge is 0.394 e. The Labute approximate surface area is 218 Å². The minimum Gasteiger partial charge on any atom is -0.394 e. The van der Waals surface area contributed by atoms with Crippen LogP contribution in [0.4, 0.5) is 5.82 Å². The molecule has 208 valence electrons. The molecule has 6 heterocycles. The molecule has 17 nitrogen and oxygen atoms in total. The van der Waals surface area contributed by atoms with E-state index in [2.05, 4.69) is 24.9 Å². The molecule has 0 amide bonds. The van der Waals surface area contributed by atoms with Gasteiger partial charge in [-0.1, -0.05) is 0 Å². The molecule has 0 aromatic carbocycles. The van der Waals surface area contributed by atoms with E-state index < -0.39 is 68.9 Å². The van der Waals surface area contributed by atoms with Crippen LogP contribution in [0.1, 0.15) is 18.9 Å². The molecule has 18 heteroatoms.